The number of hydrogen-bond donors (Lipinski definition) is 1. The fraction of sp³-hybridized carbons (Fsp3) is 0.176. The number of benzene rings is 4. The van der Waals surface area contributed by atoms with Crippen LogP contribution in [0.1, 0.15) is 40.2 Å². The summed E-state index contributed by atoms with van der Waals surface area (Å²) in [6, 6.07) is 30.3. The molecule has 4 aliphatic rings. The summed E-state index contributed by atoms with van der Waals surface area (Å²) in [6.45, 7) is 0. The molecule has 1 fully saturated rings. The zero-order valence-corrected chi connectivity index (χ0v) is 23.8. The quantitative estimate of drug-likeness (QED) is 0.162. The second kappa shape index (κ2) is 10.2. The molecule has 4 aromatic carbocycles. The van der Waals surface area contributed by atoms with E-state index in [2.05, 4.69) is 10.5 Å². The van der Waals surface area contributed by atoms with Gasteiger partial charge in [0.25, 0.3) is 0 Å². The first-order valence-electron chi connectivity index (χ1n) is 13.8. The molecule has 0 spiro atoms. The van der Waals surface area contributed by atoms with Crippen molar-refractivity contribution in [1.29, 1.82) is 0 Å². The SMILES string of the molecule is O=C(CCc1ccccc1)N/N=C\C12c3ccccc3C(c3ccccc31)[C@@H]1C(=O)N(c3ccc(Cl)cc3Cl)C(=O)[C@@H]12. The third-order valence-electron chi connectivity index (χ3n) is 8.78. The molecule has 4 aromatic rings. The number of carbonyl (C=O) groups excluding carboxylic acids is 3. The van der Waals surface area contributed by atoms with E-state index in [-0.39, 0.29) is 35.1 Å². The smallest absolute Gasteiger partial charge is 0.240 e. The lowest BCUT2D eigenvalue weighted by molar-refractivity contribution is -0.123. The second-order valence-corrected chi connectivity index (χ2v) is 11.8. The minimum atomic E-state index is -1.08. The van der Waals surface area contributed by atoms with Gasteiger partial charge in [0.05, 0.1) is 28.0 Å². The molecule has 0 aromatic heterocycles. The summed E-state index contributed by atoms with van der Waals surface area (Å²) in [5, 5.41) is 5.10. The van der Waals surface area contributed by atoms with E-state index in [0.717, 1.165) is 27.8 Å². The van der Waals surface area contributed by atoms with E-state index in [1.54, 1.807) is 18.3 Å². The third kappa shape index (κ3) is 3.93. The van der Waals surface area contributed by atoms with Gasteiger partial charge in [-0.25, -0.2) is 10.3 Å². The Hall–Kier alpha value is -4.26. The van der Waals surface area contributed by atoms with Crippen LogP contribution < -0.4 is 10.3 Å². The summed E-state index contributed by atoms with van der Waals surface area (Å²) in [7, 11) is 0. The van der Waals surface area contributed by atoms with E-state index in [1.807, 2.05) is 78.9 Å². The van der Waals surface area contributed by atoms with Gasteiger partial charge in [0.1, 0.15) is 0 Å². The Morgan fingerprint density at radius 1 is 0.857 bits per heavy atom. The van der Waals surface area contributed by atoms with Crippen LogP contribution in [0.2, 0.25) is 10.0 Å². The van der Waals surface area contributed by atoms with E-state index in [1.165, 1.54) is 11.0 Å². The van der Waals surface area contributed by atoms with Crippen molar-refractivity contribution in [3.8, 4) is 0 Å². The van der Waals surface area contributed by atoms with Crippen LogP contribution in [0.4, 0.5) is 5.69 Å². The summed E-state index contributed by atoms with van der Waals surface area (Å²) in [6.07, 6.45) is 2.50. The molecule has 8 heteroatoms. The molecule has 3 aliphatic carbocycles. The number of halogens is 2. The maximum Gasteiger partial charge on any atom is 0.240 e. The van der Waals surface area contributed by atoms with E-state index < -0.39 is 17.3 Å². The Bertz CT molecular complexity index is 1740. The first kappa shape index (κ1) is 26.6. The largest absolute Gasteiger partial charge is 0.274 e. The molecule has 1 heterocycles. The van der Waals surface area contributed by atoms with E-state index in [9.17, 15) is 14.4 Å². The van der Waals surface area contributed by atoms with Crippen molar-refractivity contribution in [3.63, 3.8) is 0 Å². The van der Waals surface area contributed by atoms with Gasteiger partial charge in [0.2, 0.25) is 17.7 Å². The maximum absolute atomic E-state index is 14.4. The topological polar surface area (TPSA) is 78.8 Å². The van der Waals surface area contributed by atoms with Crippen LogP contribution in [0.5, 0.6) is 0 Å². The van der Waals surface area contributed by atoms with Crippen LogP contribution in [0.15, 0.2) is 102 Å². The summed E-state index contributed by atoms with van der Waals surface area (Å²) < 4.78 is 0. The number of amides is 3. The molecule has 2 bridgehead atoms. The van der Waals surface area contributed by atoms with Gasteiger partial charge in [0.15, 0.2) is 0 Å². The zero-order valence-electron chi connectivity index (χ0n) is 22.3. The van der Waals surface area contributed by atoms with Crippen LogP contribution in [0.3, 0.4) is 0 Å². The number of hydrazone groups is 1. The van der Waals surface area contributed by atoms with Gasteiger partial charge in [-0.15, -0.1) is 0 Å². The fourth-order valence-corrected chi connectivity index (χ4v) is 7.61. The lowest BCUT2D eigenvalue weighted by Crippen LogP contribution is -2.54. The molecular weight excluding hydrogens is 569 g/mol. The van der Waals surface area contributed by atoms with Gasteiger partial charge in [-0.05, 0) is 52.4 Å². The van der Waals surface area contributed by atoms with Gasteiger partial charge >= 0.3 is 0 Å². The zero-order chi connectivity index (χ0) is 29.0. The summed E-state index contributed by atoms with van der Waals surface area (Å²) in [5.74, 6) is -2.67. The maximum atomic E-state index is 14.4. The van der Waals surface area contributed by atoms with Crippen LogP contribution >= 0.6 is 23.2 Å². The number of anilines is 1. The number of aryl methyl sites for hydroxylation is 1. The predicted molar refractivity (Wildman–Crippen MR) is 163 cm³/mol. The molecule has 0 saturated carbocycles. The second-order valence-electron chi connectivity index (χ2n) is 10.9. The Kier molecular flexibility index (Phi) is 6.48. The van der Waals surface area contributed by atoms with Crippen molar-refractivity contribution in [3.05, 3.63) is 135 Å². The van der Waals surface area contributed by atoms with E-state index in [4.69, 9.17) is 23.2 Å². The Morgan fingerprint density at radius 3 is 2.17 bits per heavy atom. The molecule has 42 heavy (non-hydrogen) atoms. The van der Waals surface area contributed by atoms with E-state index in [0.29, 0.717) is 17.1 Å². The molecular formula is C34H25Cl2N3O3. The van der Waals surface area contributed by atoms with Gasteiger partial charge in [0, 0.05) is 23.6 Å². The van der Waals surface area contributed by atoms with Gasteiger partial charge in [-0.1, -0.05) is 102 Å². The normalized spacial score (nSPS) is 23.6. The number of nitrogens with zero attached hydrogens (tertiary/aromatic N) is 2. The monoisotopic (exact) mass is 593 g/mol. The van der Waals surface area contributed by atoms with Crippen LogP contribution in [0.25, 0.3) is 0 Å². The number of carbonyl (C=O) groups is 3. The van der Waals surface area contributed by atoms with E-state index >= 15 is 0 Å². The van der Waals surface area contributed by atoms with Crippen molar-refractivity contribution in [2.75, 3.05) is 4.90 Å². The molecule has 1 N–H and O–H groups in total. The standard InChI is InChI=1S/C34H25Cl2N3O3/c35-21-15-16-27(26(36)18-21)39-32(41)30-29-22-10-4-6-12-24(22)34(31(30)33(39)42,25-13-7-5-11-23(25)29)19-37-38-28(40)17-14-20-8-2-1-3-9-20/h1-13,15-16,18-19,29-31H,14,17H2,(H,38,40)/b37-19-/t29?,30-,31+,34?/m0/s1. The molecule has 8 rings (SSSR count). The molecule has 1 aliphatic heterocycles. The first-order chi connectivity index (χ1) is 20.4. The lowest BCUT2D eigenvalue weighted by atomic mass is 9.47. The van der Waals surface area contributed by atoms with Gasteiger partial charge in [-0.2, -0.15) is 5.10 Å². The summed E-state index contributed by atoms with van der Waals surface area (Å²) in [4.78, 5) is 42.7. The number of rotatable bonds is 6. The predicted octanol–water partition coefficient (Wildman–Crippen LogP) is 6.28. The fourth-order valence-electron chi connectivity index (χ4n) is 7.11. The molecule has 3 amide bonds. The molecule has 208 valence electrons. The van der Waals surface area contributed by atoms with Crippen LogP contribution in [0, 0.1) is 11.8 Å². The average Bonchev–Trinajstić information content (AvgIpc) is 3.27. The highest BCUT2D eigenvalue weighted by molar-refractivity contribution is 6.38. The van der Waals surface area contributed by atoms with Crippen molar-refractivity contribution >= 4 is 52.8 Å². The third-order valence-corrected chi connectivity index (χ3v) is 9.31. The summed E-state index contributed by atoms with van der Waals surface area (Å²) in [5.41, 5.74) is 6.73. The van der Waals surface area contributed by atoms with Crippen molar-refractivity contribution in [2.45, 2.75) is 24.2 Å². The summed E-state index contributed by atoms with van der Waals surface area (Å²) >= 11 is 12.7. The van der Waals surface area contributed by atoms with Gasteiger partial charge < -0.3 is 0 Å². The molecule has 1 saturated heterocycles. The number of imide groups is 1. The Morgan fingerprint density at radius 2 is 1.50 bits per heavy atom. The average molecular weight is 594 g/mol. The van der Waals surface area contributed by atoms with Crippen LogP contribution in [-0.2, 0) is 26.2 Å². The van der Waals surface area contributed by atoms with Crippen molar-refractivity contribution in [2.24, 2.45) is 16.9 Å². The Balaban J connectivity index is 1.32. The minimum Gasteiger partial charge on any atom is -0.274 e. The van der Waals surface area contributed by atoms with Crippen molar-refractivity contribution < 1.29 is 14.4 Å². The highest BCUT2D eigenvalue weighted by atomic mass is 35.5. The number of nitrogens with one attached hydrogen (secondary N) is 1. The number of hydrogen-bond acceptors (Lipinski definition) is 4. The van der Waals surface area contributed by atoms with Gasteiger partial charge in [-0.3, -0.25) is 14.4 Å². The molecule has 6 nitrogen and oxygen atoms in total. The molecule has 2 atom stereocenters. The molecule has 0 radical (unpaired) electrons. The van der Waals surface area contributed by atoms with Crippen LogP contribution in [-0.4, -0.2) is 23.9 Å². The molecule has 0 unspecified atom stereocenters. The lowest BCUT2D eigenvalue weighted by Gasteiger charge is -2.52. The highest BCUT2D eigenvalue weighted by Crippen LogP contribution is 2.63. The van der Waals surface area contributed by atoms with Crippen molar-refractivity contribution in [1.82, 2.24) is 5.43 Å². The Labute approximate surface area is 253 Å². The highest BCUT2D eigenvalue weighted by Gasteiger charge is 2.68. The minimum absolute atomic E-state index is 0.221. The first-order valence-corrected chi connectivity index (χ1v) is 14.6.